The third-order valence-electron chi connectivity index (χ3n) is 4.24. The zero-order valence-electron chi connectivity index (χ0n) is 14.0. The molecular weight excluding hydrogens is 292 g/mol. The number of carbonyl (C=O) groups excluding carboxylic acids is 1. The summed E-state index contributed by atoms with van der Waals surface area (Å²) in [6, 6.07) is 7.70. The van der Waals surface area contributed by atoms with E-state index >= 15 is 0 Å². The molecule has 0 aliphatic rings. The molecule has 0 radical (unpaired) electrons. The molecule has 0 spiro atoms. The van der Waals surface area contributed by atoms with Crippen molar-refractivity contribution in [3.05, 3.63) is 30.1 Å². The van der Waals surface area contributed by atoms with Crippen molar-refractivity contribution < 1.29 is 9.90 Å². The maximum atomic E-state index is 11.8. The van der Waals surface area contributed by atoms with E-state index in [4.69, 9.17) is 0 Å². The summed E-state index contributed by atoms with van der Waals surface area (Å²) in [6.07, 6.45) is 0.378. The van der Waals surface area contributed by atoms with Gasteiger partial charge in [-0.05, 0) is 25.0 Å². The second-order valence-corrected chi connectivity index (χ2v) is 5.89. The fourth-order valence-corrected chi connectivity index (χ4v) is 2.49. The van der Waals surface area contributed by atoms with Crippen LogP contribution in [0.3, 0.4) is 0 Å². The highest BCUT2D eigenvalue weighted by molar-refractivity contribution is 5.76. The fraction of sp³-hybridized carbons (Fsp3) is 0.529. The second-order valence-electron chi connectivity index (χ2n) is 5.89. The lowest BCUT2D eigenvalue weighted by molar-refractivity contribution is 0.114. The summed E-state index contributed by atoms with van der Waals surface area (Å²) in [5.41, 5.74) is 2.03. The molecule has 2 aromatic rings. The third kappa shape index (κ3) is 4.45. The Labute approximate surface area is 136 Å². The first kappa shape index (κ1) is 17.3. The van der Waals surface area contributed by atoms with Crippen LogP contribution in [0.4, 0.5) is 4.79 Å². The van der Waals surface area contributed by atoms with E-state index in [1.54, 1.807) is 0 Å². The number of nitrogens with one attached hydrogen (secondary N) is 2. The molecule has 2 rings (SSSR count). The number of urea groups is 1. The topological polar surface area (TPSA) is 79.2 Å². The zero-order valence-corrected chi connectivity index (χ0v) is 14.0. The van der Waals surface area contributed by atoms with Crippen LogP contribution in [-0.2, 0) is 6.54 Å². The summed E-state index contributed by atoms with van der Waals surface area (Å²) in [4.78, 5) is 16.3. The number of carbonyl (C=O) groups is 1. The molecule has 6 nitrogen and oxygen atoms in total. The van der Waals surface area contributed by atoms with Crippen molar-refractivity contribution in [2.24, 2.45) is 5.92 Å². The van der Waals surface area contributed by atoms with Gasteiger partial charge in [-0.1, -0.05) is 32.4 Å². The Bertz CT molecular complexity index is 653. The molecule has 0 aliphatic carbocycles. The number of hydrogen-bond donors (Lipinski definition) is 3. The van der Waals surface area contributed by atoms with Gasteiger partial charge >= 0.3 is 6.03 Å². The van der Waals surface area contributed by atoms with E-state index in [0.717, 1.165) is 23.3 Å². The summed E-state index contributed by atoms with van der Waals surface area (Å²) < 4.78 is 2.09. The first-order valence-corrected chi connectivity index (χ1v) is 8.14. The molecule has 126 valence electrons. The van der Waals surface area contributed by atoms with Crippen molar-refractivity contribution in [3.63, 3.8) is 0 Å². The average Bonchev–Trinajstić information content (AvgIpc) is 2.87. The number of benzene rings is 1. The van der Waals surface area contributed by atoms with Gasteiger partial charge in [0.25, 0.3) is 0 Å². The van der Waals surface area contributed by atoms with E-state index in [0.29, 0.717) is 13.1 Å². The number of aliphatic hydroxyl groups excluding tert-OH is 1. The second kappa shape index (κ2) is 7.97. The van der Waals surface area contributed by atoms with Crippen LogP contribution in [0, 0.1) is 12.8 Å². The Morgan fingerprint density at radius 3 is 2.83 bits per heavy atom. The number of aromatic nitrogens is 2. The smallest absolute Gasteiger partial charge is 0.314 e. The van der Waals surface area contributed by atoms with Crippen LogP contribution < -0.4 is 10.6 Å². The van der Waals surface area contributed by atoms with Gasteiger partial charge in [0.2, 0.25) is 0 Å². The highest BCUT2D eigenvalue weighted by Gasteiger charge is 2.13. The SMILES string of the molecule is CCC(C)C(O)CNC(=O)NCCn1c(C)nc2ccccc21. The van der Waals surface area contributed by atoms with Gasteiger partial charge in [0, 0.05) is 19.6 Å². The molecule has 3 N–H and O–H groups in total. The largest absolute Gasteiger partial charge is 0.391 e. The molecular formula is C17H26N4O2. The van der Waals surface area contributed by atoms with E-state index in [2.05, 4.69) is 20.2 Å². The molecule has 0 saturated carbocycles. The molecule has 2 unspecified atom stereocenters. The Morgan fingerprint density at radius 1 is 1.35 bits per heavy atom. The number of amides is 2. The molecule has 2 amide bonds. The van der Waals surface area contributed by atoms with Crippen LogP contribution in [0.2, 0.25) is 0 Å². The molecule has 0 saturated heterocycles. The predicted molar refractivity (Wildman–Crippen MR) is 91.3 cm³/mol. The normalized spacial score (nSPS) is 13.7. The molecule has 23 heavy (non-hydrogen) atoms. The van der Waals surface area contributed by atoms with Gasteiger partial charge in [-0.3, -0.25) is 0 Å². The molecule has 6 heteroatoms. The molecule has 1 aromatic heterocycles. The highest BCUT2D eigenvalue weighted by Crippen LogP contribution is 2.14. The van der Waals surface area contributed by atoms with Crippen LogP contribution in [0.25, 0.3) is 11.0 Å². The molecule has 1 aromatic carbocycles. The number of fused-ring (bicyclic) bond motifs is 1. The lowest BCUT2D eigenvalue weighted by atomic mass is 10.0. The first-order valence-electron chi connectivity index (χ1n) is 8.14. The maximum Gasteiger partial charge on any atom is 0.314 e. The van der Waals surface area contributed by atoms with Gasteiger partial charge in [0.05, 0.1) is 17.1 Å². The van der Waals surface area contributed by atoms with E-state index in [-0.39, 0.29) is 18.5 Å². The number of aryl methyl sites for hydroxylation is 1. The van der Waals surface area contributed by atoms with E-state index in [1.165, 1.54) is 0 Å². The Kier molecular flexibility index (Phi) is 5.98. The zero-order chi connectivity index (χ0) is 16.8. The van der Waals surface area contributed by atoms with Gasteiger partial charge in [-0.2, -0.15) is 0 Å². The first-order chi connectivity index (χ1) is 11.0. The minimum Gasteiger partial charge on any atom is -0.391 e. The Hall–Kier alpha value is -2.08. The highest BCUT2D eigenvalue weighted by atomic mass is 16.3. The maximum absolute atomic E-state index is 11.8. The monoisotopic (exact) mass is 318 g/mol. The summed E-state index contributed by atoms with van der Waals surface area (Å²) in [6.45, 7) is 7.39. The van der Waals surface area contributed by atoms with Crippen LogP contribution in [0.15, 0.2) is 24.3 Å². The van der Waals surface area contributed by atoms with E-state index in [1.807, 2.05) is 45.0 Å². The quantitative estimate of drug-likeness (QED) is 0.731. The molecule has 2 atom stereocenters. The number of rotatable bonds is 7. The fourth-order valence-electron chi connectivity index (χ4n) is 2.49. The van der Waals surface area contributed by atoms with E-state index in [9.17, 15) is 9.90 Å². The summed E-state index contributed by atoms with van der Waals surface area (Å²) in [5.74, 6) is 1.11. The third-order valence-corrected chi connectivity index (χ3v) is 4.24. The lowest BCUT2D eigenvalue weighted by Crippen LogP contribution is -2.42. The number of para-hydroxylation sites is 2. The van der Waals surface area contributed by atoms with Crippen LogP contribution in [0.1, 0.15) is 26.1 Å². The van der Waals surface area contributed by atoms with Gasteiger partial charge in [0.1, 0.15) is 5.82 Å². The van der Waals surface area contributed by atoms with E-state index < -0.39 is 6.10 Å². The summed E-state index contributed by atoms with van der Waals surface area (Å²) in [7, 11) is 0. The van der Waals surface area contributed by atoms with Crippen molar-refractivity contribution in [1.29, 1.82) is 0 Å². The number of nitrogens with zero attached hydrogens (tertiary/aromatic N) is 2. The van der Waals surface area contributed by atoms with Gasteiger partial charge in [-0.15, -0.1) is 0 Å². The van der Waals surface area contributed by atoms with Crippen molar-refractivity contribution in [2.75, 3.05) is 13.1 Å². The van der Waals surface area contributed by atoms with Gasteiger partial charge < -0.3 is 20.3 Å². The summed E-state index contributed by atoms with van der Waals surface area (Å²) in [5, 5.41) is 15.4. The van der Waals surface area contributed by atoms with Crippen molar-refractivity contribution >= 4 is 17.1 Å². The van der Waals surface area contributed by atoms with Crippen molar-refractivity contribution in [3.8, 4) is 0 Å². The van der Waals surface area contributed by atoms with Gasteiger partial charge in [0.15, 0.2) is 0 Å². The molecule has 0 bridgehead atoms. The number of aliphatic hydroxyl groups is 1. The van der Waals surface area contributed by atoms with Crippen LogP contribution in [0.5, 0.6) is 0 Å². The average molecular weight is 318 g/mol. The summed E-state index contributed by atoms with van der Waals surface area (Å²) >= 11 is 0. The van der Waals surface area contributed by atoms with Gasteiger partial charge in [-0.25, -0.2) is 9.78 Å². The predicted octanol–water partition coefficient (Wildman–Crippen LogP) is 2.05. The van der Waals surface area contributed by atoms with Crippen molar-refractivity contribution in [2.45, 2.75) is 39.8 Å². The standard InChI is InChI=1S/C17H26N4O2/c1-4-12(2)16(22)11-19-17(23)18-9-10-21-13(3)20-14-7-5-6-8-15(14)21/h5-8,12,16,22H,4,9-11H2,1-3H3,(H2,18,19,23). The minimum absolute atomic E-state index is 0.176. The number of hydrogen-bond acceptors (Lipinski definition) is 3. The molecule has 0 aliphatic heterocycles. The van der Waals surface area contributed by atoms with Crippen molar-refractivity contribution in [1.82, 2.24) is 20.2 Å². The van der Waals surface area contributed by atoms with Crippen LogP contribution >= 0.6 is 0 Å². The molecule has 0 fully saturated rings. The minimum atomic E-state index is -0.509. The molecule has 1 heterocycles. The lowest BCUT2D eigenvalue weighted by Gasteiger charge is -2.17. The number of imidazole rings is 1. The Balaban J connectivity index is 1.80. The van der Waals surface area contributed by atoms with Crippen LogP contribution in [-0.4, -0.2) is 39.9 Å². The Morgan fingerprint density at radius 2 is 2.09 bits per heavy atom.